The Morgan fingerprint density at radius 1 is 1.13 bits per heavy atom. The summed E-state index contributed by atoms with van der Waals surface area (Å²) in [6, 6.07) is 0.616. The Balaban J connectivity index is 3.69. The predicted octanol–water partition coefficient (Wildman–Crippen LogP) is 3.22. The summed E-state index contributed by atoms with van der Waals surface area (Å²) in [5, 5.41) is 3.57. The molecule has 0 spiro atoms. The minimum Gasteiger partial charge on any atom is -0.379 e. The van der Waals surface area contributed by atoms with Gasteiger partial charge in [0.2, 0.25) is 0 Å². The fourth-order valence-electron chi connectivity index (χ4n) is 1.80. The van der Waals surface area contributed by atoms with E-state index in [1.165, 1.54) is 19.3 Å². The second-order valence-corrected chi connectivity index (χ2v) is 4.62. The van der Waals surface area contributed by atoms with Crippen molar-refractivity contribution >= 4 is 0 Å². The molecule has 92 valence electrons. The summed E-state index contributed by atoms with van der Waals surface area (Å²) in [6.45, 7) is 13.0. The van der Waals surface area contributed by atoms with E-state index in [0.29, 0.717) is 12.1 Å². The van der Waals surface area contributed by atoms with Crippen LogP contribution >= 0.6 is 0 Å². The van der Waals surface area contributed by atoms with Crippen molar-refractivity contribution in [2.45, 2.75) is 66.0 Å². The van der Waals surface area contributed by atoms with Crippen molar-refractivity contribution in [1.29, 1.82) is 0 Å². The maximum Gasteiger partial charge on any atom is 0.0518 e. The zero-order valence-electron chi connectivity index (χ0n) is 11.2. The van der Waals surface area contributed by atoms with Gasteiger partial charge in [-0.05, 0) is 46.1 Å². The molecule has 2 heteroatoms. The Hall–Kier alpha value is -0.0800. The van der Waals surface area contributed by atoms with Crippen molar-refractivity contribution in [3.05, 3.63) is 0 Å². The third-order valence-electron chi connectivity index (χ3n) is 2.89. The van der Waals surface area contributed by atoms with E-state index in [4.69, 9.17) is 4.74 Å². The second-order valence-electron chi connectivity index (χ2n) is 4.62. The van der Waals surface area contributed by atoms with Crippen LogP contribution in [0.5, 0.6) is 0 Å². The average molecular weight is 215 g/mol. The summed E-state index contributed by atoms with van der Waals surface area (Å²) >= 11 is 0. The number of hydrogen-bond acceptors (Lipinski definition) is 2. The van der Waals surface area contributed by atoms with Crippen LogP contribution in [0.4, 0.5) is 0 Å². The molecule has 0 fully saturated rings. The van der Waals surface area contributed by atoms with Crippen molar-refractivity contribution in [2.75, 3.05) is 13.2 Å². The quantitative estimate of drug-likeness (QED) is 0.637. The molecule has 2 nitrogen and oxygen atoms in total. The van der Waals surface area contributed by atoms with E-state index in [9.17, 15) is 0 Å². The van der Waals surface area contributed by atoms with E-state index >= 15 is 0 Å². The highest BCUT2D eigenvalue weighted by Gasteiger charge is 2.14. The van der Waals surface area contributed by atoms with Gasteiger partial charge < -0.3 is 10.1 Å². The molecule has 0 aliphatic carbocycles. The molecule has 0 bridgehead atoms. The molecule has 0 saturated heterocycles. The predicted molar refractivity (Wildman–Crippen MR) is 67.2 cm³/mol. The Kier molecular flexibility index (Phi) is 9.12. The van der Waals surface area contributed by atoms with Crippen LogP contribution in [-0.4, -0.2) is 25.3 Å². The molecule has 0 rings (SSSR count). The van der Waals surface area contributed by atoms with Crippen LogP contribution in [0.1, 0.15) is 53.9 Å². The van der Waals surface area contributed by atoms with E-state index in [-0.39, 0.29) is 0 Å². The van der Waals surface area contributed by atoms with Gasteiger partial charge in [0.1, 0.15) is 0 Å². The smallest absolute Gasteiger partial charge is 0.0518 e. The minimum absolute atomic E-state index is 0.362. The maximum absolute atomic E-state index is 5.60. The van der Waals surface area contributed by atoms with Gasteiger partial charge in [0.25, 0.3) is 0 Å². The second kappa shape index (κ2) is 9.17. The van der Waals surface area contributed by atoms with Crippen molar-refractivity contribution in [2.24, 2.45) is 5.92 Å². The third kappa shape index (κ3) is 7.80. The zero-order valence-corrected chi connectivity index (χ0v) is 11.2. The minimum atomic E-state index is 0.362. The van der Waals surface area contributed by atoms with Crippen LogP contribution in [0.2, 0.25) is 0 Å². The Morgan fingerprint density at radius 3 is 2.27 bits per heavy atom. The standard InChI is InChI=1S/C13H29NO/c1-6-9-14-12(5)13(7-2)8-10-15-11(3)4/h11-14H,6-10H2,1-5H3. The Morgan fingerprint density at radius 2 is 1.80 bits per heavy atom. The molecule has 0 aromatic heterocycles. The molecule has 0 heterocycles. The first kappa shape index (κ1) is 14.9. The van der Waals surface area contributed by atoms with E-state index in [1.807, 2.05) is 0 Å². The molecule has 0 aromatic rings. The highest BCUT2D eigenvalue weighted by Crippen LogP contribution is 2.13. The zero-order chi connectivity index (χ0) is 11.7. The van der Waals surface area contributed by atoms with Crippen LogP contribution in [0.25, 0.3) is 0 Å². The van der Waals surface area contributed by atoms with Crippen molar-refractivity contribution in [3.8, 4) is 0 Å². The average Bonchev–Trinajstić information content (AvgIpc) is 2.20. The molecule has 0 aliphatic rings. The monoisotopic (exact) mass is 215 g/mol. The lowest BCUT2D eigenvalue weighted by Crippen LogP contribution is -2.34. The number of nitrogens with one attached hydrogen (secondary N) is 1. The summed E-state index contributed by atoms with van der Waals surface area (Å²) in [6.07, 6.45) is 3.98. The van der Waals surface area contributed by atoms with E-state index in [0.717, 1.165) is 19.1 Å². The molecule has 1 N–H and O–H groups in total. The van der Waals surface area contributed by atoms with E-state index in [1.54, 1.807) is 0 Å². The maximum atomic E-state index is 5.60. The molecular formula is C13H29NO. The first-order valence-electron chi connectivity index (χ1n) is 6.46. The molecule has 0 radical (unpaired) electrons. The fourth-order valence-corrected chi connectivity index (χ4v) is 1.80. The lowest BCUT2D eigenvalue weighted by atomic mass is 9.95. The molecule has 0 saturated carbocycles. The van der Waals surface area contributed by atoms with Gasteiger partial charge >= 0.3 is 0 Å². The fraction of sp³-hybridized carbons (Fsp3) is 1.00. The molecular weight excluding hydrogens is 186 g/mol. The number of rotatable bonds is 9. The van der Waals surface area contributed by atoms with Gasteiger partial charge in [-0.3, -0.25) is 0 Å². The molecule has 0 amide bonds. The summed E-state index contributed by atoms with van der Waals surface area (Å²) in [4.78, 5) is 0. The van der Waals surface area contributed by atoms with Gasteiger partial charge in [-0.1, -0.05) is 20.3 Å². The Bertz CT molecular complexity index is 136. The molecule has 0 aromatic carbocycles. The van der Waals surface area contributed by atoms with Crippen LogP contribution in [0, 0.1) is 5.92 Å². The summed E-state index contributed by atoms with van der Waals surface area (Å²) in [7, 11) is 0. The largest absolute Gasteiger partial charge is 0.379 e. The van der Waals surface area contributed by atoms with Gasteiger partial charge in [0.15, 0.2) is 0 Å². The molecule has 0 aliphatic heterocycles. The first-order valence-corrected chi connectivity index (χ1v) is 6.46. The normalized spacial score (nSPS) is 15.6. The van der Waals surface area contributed by atoms with Gasteiger partial charge in [0.05, 0.1) is 6.10 Å². The SMILES string of the molecule is CCCNC(C)C(CC)CCOC(C)C. The van der Waals surface area contributed by atoms with Gasteiger partial charge in [0, 0.05) is 12.6 Å². The lowest BCUT2D eigenvalue weighted by molar-refractivity contribution is 0.0647. The van der Waals surface area contributed by atoms with Crippen LogP contribution in [0.15, 0.2) is 0 Å². The summed E-state index contributed by atoms with van der Waals surface area (Å²) in [5.41, 5.74) is 0. The number of ether oxygens (including phenoxy) is 1. The van der Waals surface area contributed by atoms with Crippen molar-refractivity contribution in [1.82, 2.24) is 5.32 Å². The van der Waals surface area contributed by atoms with Gasteiger partial charge in [-0.2, -0.15) is 0 Å². The molecule has 2 unspecified atom stereocenters. The van der Waals surface area contributed by atoms with Crippen LogP contribution in [0.3, 0.4) is 0 Å². The van der Waals surface area contributed by atoms with Crippen molar-refractivity contribution < 1.29 is 4.74 Å². The number of hydrogen-bond donors (Lipinski definition) is 1. The first-order chi connectivity index (χ1) is 7.11. The van der Waals surface area contributed by atoms with Crippen LogP contribution in [-0.2, 0) is 4.74 Å². The summed E-state index contributed by atoms with van der Waals surface area (Å²) < 4.78 is 5.60. The van der Waals surface area contributed by atoms with Gasteiger partial charge in [-0.25, -0.2) is 0 Å². The Labute approximate surface area is 95.8 Å². The van der Waals surface area contributed by atoms with E-state index in [2.05, 4.69) is 39.9 Å². The summed E-state index contributed by atoms with van der Waals surface area (Å²) in [5.74, 6) is 0.746. The molecule has 15 heavy (non-hydrogen) atoms. The third-order valence-corrected chi connectivity index (χ3v) is 2.89. The highest BCUT2D eigenvalue weighted by molar-refractivity contribution is 4.70. The highest BCUT2D eigenvalue weighted by atomic mass is 16.5. The van der Waals surface area contributed by atoms with E-state index < -0.39 is 0 Å². The van der Waals surface area contributed by atoms with Gasteiger partial charge in [-0.15, -0.1) is 0 Å². The lowest BCUT2D eigenvalue weighted by Gasteiger charge is -2.24. The van der Waals surface area contributed by atoms with Crippen molar-refractivity contribution in [3.63, 3.8) is 0 Å². The topological polar surface area (TPSA) is 21.3 Å². The van der Waals surface area contributed by atoms with Crippen LogP contribution < -0.4 is 5.32 Å². The molecule has 2 atom stereocenters.